The number of hydrogen-bond donors (Lipinski definition) is 1. The fourth-order valence-electron chi connectivity index (χ4n) is 3.75. The number of carbonyl (C=O) groups is 1. The van der Waals surface area contributed by atoms with Crippen molar-refractivity contribution in [3.63, 3.8) is 0 Å². The molecular formula is C20H23N5O2. The fraction of sp³-hybridized carbons (Fsp3) is 0.400. The highest BCUT2D eigenvalue weighted by atomic mass is 16.2. The molecule has 2 aromatic heterocycles. The highest BCUT2D eigenvalue weighted by molar-refractivity contribution is 5.77. The van der Waals surface area contributed by atoms with Crippen LogP contribution in [-0.2, 0) is 11.3 Å². The molecule has 1 aliphatic heterocycles. The zero-order valence-electron chi connectivity index (χ0n) is 15.2. The molecule has 1 aliphatic rings. The summed E-state index contributed by atoms with van der Waals surface area (Å²) in [7, 11) is 0. The van der Waals surface area contributed by atoms with E-state index in [-0.39, 0.29) is 17.4 Å². The van der Waals surface area contributed by atoms with E-state index in [1.54, 1.807) is 23.2 Å². The predicted octanol–water partition coefficient (Wildman–Crippen LogP) is 2.31. The number of amides is 1. The molecule has 1 N–H and O–H groups in total. The van der Waals surface area contributed by atoms with E-state index in [0.29, 0.717) is 36.8 Å². The van der Waals surface area contributed by atoms with Gasteiger partial charge in [-0.15, -0.1) is 0 Å². The quantitative estimate of drug-likeness (QED) is 0.752. The number of para-hydroxylation sites is 1. The summed E-state index contributed by atoms with van der Waals surface area (Å²) in [4.78, 5) is 38.8. The number of likely N-dealkylation sites (tertiary alicyclic amines) is 1. The van der Waals surface area contributed by atoms with Crippen LogP contribution < -0.4 is 5.56 Å². The largest absolute Gasteiger partial charge is 0.348 e. The number of nitrogens with zero attached hydrogens (tertiary/aromatic N) is 4. The van der Waals surface area contributed by atoms with E-state index < -0.39 is 0 Å². The van der Waals surface area contributed by atoms with Gasteiger partial charge in [-0.25, -0.2) is 9.97 Å². The van der Waals surface area contributed by atoms with E-state index in [9.17, 15) is 9.59 Å². The molecule has 3 heterocycles. The van der Waals surface area contributed by atoms with Gasteiger partial charge in [0.1, 0.15) is 5.82 Å². The zero-order valence-corrected chi connectivity index (χ0v) is 15.2. The van der Waals surface area contributed by atoms with Crippen LogP contribution in [0.1, 0.15) is 37.4 Å². The minimum atomic E-state index is -0.0519. The molecule has 0 saturated carbocycles. The first-order valence-corrected chi connectivity index (χ1v) is 9.43. The van der Waals surface area contributed by atoms with Crippen LogP contribution in [0.4, 0.5) is 0 Å². The standard InChI is InChI=1S/C20H23N5O2/c26-18(24-11-3-5-15(13-24)19-21-9-10-22-19)8-4-12-25-14-23-17-7-2-1-6-16(17)20(25)27/h1-2,6-7,9-10,14-15H,3-5,8,11-13H2,(H,21,22)/t15-/m1/s1. The maximum absolute atomic E-state index is 12.6. The van der Waals surface area contributed by atoms with Crippen molar-refractivity contribution in [2.45, 2.75) is 38.1 Å². The second-order valence-corrected chi connectivity index (χ2v) is 7.02. The molecule has 27 heavy (non-hydrogen) atoms. The van der Waals surface area contributed by atoms with Gasteiger partial charge in [-0.2, -0.15) is 0 Å². The van der Waals surface area contributed by atoms with Gasteiger partial charge in [0.05, 0.1) is 17.2 Å². The second-order valence-electron chi connectivity index (χ2n) is 7.02. The molecule has 1 aromatic carbocycles. The van der Waals surface area contributed by atoms with E-state index >= 15 is 0 Å². The Balaban J connectivity index is 1.34. The summed E-state index contributed by atoms with van der Waals surface area (Å²) in [5.41, 5.74) is 0.649. The number of benzene rings is 1. The second kappa shape index (κ2) is 7.73. The van der Waals surface area contributed by atoms with Crippen LogP contribution in [0.25, 0.3) is 10.9 Å². The Morgan fingerprint density at radius 3 is 3.00 bits per heavy atom. The summed E-state index contributed by atoms with van der Waals surface area (Å²) < 4.78 is 1.59. The van der Waals surface area contributed by atoms with Gasteiger partial charge in [0.15, 0.2) is 0 Å². The van der Waals surface area contributed by atoms with Crippen molar-refractivity contribution in [1.29, 1.82) is 0 Å². The molecule has 0 unspecified atom stereocenters. The van der Waals surface area contributed by atoms with E-state index in [2.05, 4.69) is 15.0 Å². The summed E-state index contributed by atoms with van der Waals surface area (Å²) in [6, 6.07) is 7.32. The van der Waals surface area contributed by atoms with E-state index in [0.717, 1.165) is 25.2 Å². The molecule has 7 nitrogen and oxygen atoms in total. The number of piperidine rings is 1. The lowest BCUT2D eigenvalue weighted by molar-refractivity contribution is -0.132. The lowest BCUT2D eigenvalue weighted by Gasteiger charge is -2.32. The Labute approximate surface area is 157 Å². The van der Waals surface area contributed by atoms with Crippen LogP contribution in [0.2, 0.25) is 0 Å². The van der Waals surface area contributed by atoms with Gasteiger partial charge in [-0.3, -0.25) is 14.2 Å². The Bertz CT molecular complexity index is 979. The number of aryl methyl sites for hydroxylation is 1. The first kappa shape index (κ1) is 17.5. The number of H-pyrrole nitrogens is 1. The summed E-state index contributed by atoms with van der Waals surface area (Å²) in [5, 5.41) is 0.614. The Morgan fingerprint density at radius 1 is 1.26 bits per heavy atom. The van der Waals surface area contributed by atoms with Gasteiger partial charge in [-0.1, -0.05) is 12.1 Å². The van der Waals surface area contributed by atoms with E-state index in [1.165, 1.54) is 0 Å². The predicted molar refractivity (Wildman–Crippen MR) is 102 cm³/mol. The normalized spacial score (nSPS) is 17.3. The van der Waals surface area contributed by atoms with Crippen molar-refractivity contribution in [3.8, 4) is 0 Å². The van der Waals surface area contributed by atoms with Crippen LogP contribution in [0.3, 0.4) is 0 Å². The monoisotopic (exact) mass is 365 g/mol. The molecule has 1 saturated heterocycles. The van der Waals surface area contributed by atoms with Gasteiger partial charge >= 0.3 is 0 Å². The molecule has 4 rings (SSSR count). The van der Waals surface area contributed by atoms with Crippen LogP contribution in [0.5, 0.6) is 0 Å². The molecular weight excluding hydrogens is 342 g/mol. The highest BCUT2D eigenvalue weighted by Crippen LogP contribution is 2.24. The summed E-state index contributed by atoms with van der Waals surface area (Å²) in [5.74, 6) is 1.39. The van der Waals surface area contributed by atoms with Gasteiger partial charge in [0, 0.05) is 44.4 Å². The van der Waals surface area contributed by atoms with Crippen LogP contribution in [-0.4, -0.2) is 43.4 Å². The maximum Gasteiger partial charge on any atom is 0.261 e. The molecule has 140 valence electrons. The number of aromatic nitrogens is 4. The molecule has 0 radical (unpaired) electrons. The average Bonchev–Trinajstić information content (AvgIpc) is 3.25. The van der Waals surface area contributed by atoms with E-state index in [4.69, 9.17) is 0 Å². The van der Waals surface area contributed by atoms with Gasteiger partial charge in [0.2, 0.25) is 5.91 Å². The lowest BCUT2D eigenvalue weighted by Crippen LogP contribution is -2.39. The molecule has 0 aliphatic carbocycles. The number of rotatable bonds is 5. The van der Waals surface area contributed by atoms with Crippen molar-refractivity contribution in [3.05, 3.63) is 59.2 Å². The number of nitrogens with one attached hydrogen (secondary N) is 1. The molecule has 0 bridgehead atoms. The molecule has 1 atom stereocenters. The lowest BCUT2D eigenvalue weighted by atomic mass is 9.97. The SMILES string of the molecule is O=C(CCCn1cnc2ccccc2c1=O)N1CCC[C@@H](c2ncc[nH]2)C1. The van der Waals surface area contributed by atoms with E-state index in [1.807, 2.05) is 29.3 Å². The summed E-state index contributed by atoms with van der Waals surface area (Å²) >= 11 is 0. The first-order chi connectivity index (χ1) is 13.2. The highest BCUT2D eigenvalue weighted by Gasteiger charge is 2.25. The van der Waals surface area contributed by atoms with Gasteiger partial charge in [0.25, 0.3) is 5.56 Å². The Morgan fingerprint density at radius 2 is 2.15 bits per heavy atom. The molecule has 1 amide bonds. The number of imidazole rings is 1. The Hall–Kier alpha value is -2.96. The molecule has 1 fully saturated rings. The summed E-state index contributed by atoms with van der Waals surface area (Å²) in [6.07, 6.45) is 8.26. The van der Waals surface area contributed by atoms with Crippen molar-refractivity contribution in [2.24, 2.45) is 0 Å². The maximum atomic E-state index is 12.6. The topological polar surface area (TPSA) is 83.9 Å². The Kier molecular flexibility index (Phi) is 5.00. The summed E-state index contributed by atoms with van der Waals surface area (Å²) in [6.45, 7) is 2.01. The van der Waals surface area contributed by atoms with Crippen molar-refractivity contribution in [2.75, 3.05) is 13.1 Å². The first-order valence-electron chi connectivity index (χ1n) is 9.43. The average molecular weight is 365 g/mol. The number of carbonyl (C=O) groups excluding carboxylic acids is 1. The third-order valence-electron chi connectivity index (χ3n) is 5.20. The minimum Gasteiger partial charge on any atom is -0.348 e. The van der Waals surface area contributed by atoms with Crippen molar-refractivity contribution in [1.82, 2.24) is 24.4 Å². The van der Waals surface area contributed by atoms with Crippen LogP contribution >= 0.6 is 0 Å². The van der Waals surface area contributed by atoms with Crippen LogP contribution in [0.15, 0.2) is 47.8 Å². The third kappa shape index (κ3) is 3.77. The number of hydrogen-bond acceptors (Lipinski definition) is 4. The smallest absolute Gasteiger partial charge is 0.261 e. The fourth-order valence-corrected chi connectivity index (χ4v) is 3.75. The molecule has 3 aromatic rings. The molecule has 0 spiro atoms. The molecule has 7 heteroatoms. The van der Waals surface area contributed by atoms with Crippen molar-refractivity contribution < 1.29 is 4.79 Å². The van der Waals surface area contributed by atoms with Crippen molar-refractivity contribution >= 4 is 16.8 Å². The van der Waals surface area contributed by atoms with Crippen LogP contribution in [0, 0.1) is 0 Å². The third-order valence-corrected chi connectivity index (χ3v) is 5.20. The van der Waals surface area contributed by atoms with Gasteiger partial charge < -0.3 is 9.88 Å². The number of aromatic amines is 1. The number of fused-ring (bicyclic) bond motifs is 1. The van der Waals surface area contributed by atoms with Gasteiger partial charge in [-0.05, 0) is 31.4 Å². The zero-order chi connectivity index (χ0) is 18.6. The minimum absolute atomic E-state index is 0.0519.